The molecule has 54 heavy (non-hydrogen) atoms. The Bertz CT molecular complexity index is 2410. The Balaban J connectivity index is 0.998. The number of amides is 2. The molecule has 0 fully saturated rings. The second-order valence-corrected chi connectivity index (χ2v) is 14.8. The van der Waals surface area contributed by atoms with Crippen LogP contribution in [-0.4, -0.2) is 30.4 Å². The van der Waals surface area contributed by atoms with Crippen molar-refractivity contribution < 1.29 is 14.3 Å². The van der Waals surface area contributed by atoms with Crippen LogP contribution < -0.4 is 20.1 Å². The van der Waals surface area contributed by atoms with Gasteiger partial charge >= 0.3 is 6.03 Å². The van der Waals surface area contributed by atoms with Gasteiger partial charge in [0.1, 0.15) is 30.0 Å². The molecule has 1 aliphatic rings. The first kappa shape index (κ1) is 34.7. The number of carbonyl (C=O) groups excluding carboxylic acids is 1. The van der Waals surface area contributed by atoms with Crippen LogP contribution in [0.4, 0.5) is 10.6 Å². The molecule has 0 spiro atoms. The largest absolute Gasteiger partial charge is 0.488 e. The number of hydrogen-bond donors (Lipinski definition) is 2. The van der Waals surface area contributed by atoms with Crippen molar-refractivity contribution in [3.8, 4) is 28.6 Å². The average Bonchev–Trinajstić information content (AvgIpc) is 3.80. The zero-order valence-electron chi connectivity index (χ0n) is 30.9. The number of urea groups is 1. The Morgan fingerprint density at radius 1 is 0.833 bits per heavy atom. The molecule has 2 amide bonds. The summed E-state index contributed by atoms with van der Waals surface area (Å²) >= 11 is 0. The van der Waals surface area contributed by atoms with E-state index >= 15 is 0 Å². The van der Waals surface area contributed by atoms with Gasteiger partial charge in [-0.25, -0.2) is 9.48 Å². The zero-order chi connectivity index (χ0) is 37.2. The number of nitrogens with zero attached hydrogens (tertiary/aromatic N) is 5. The van der Waals surface area contributed by atoms with Gasteiger partial charge in [0.25, 0.3) is 0 Å². The lowest BCUT2D eigenvalue weighted by atomic mass is 9.85. The summed E-state index contributed by atoms with van der Waals surface area (Å²) in [4.78, 5) is 13.6. The van der Waals surface area contributed by atoms with Crippen LogP contribution in [0.25, 0.3) is 22.7 Å². The summed E-state index contributed by atoms with van der Waals surface area (Å²) in [5.74, 6) is 2.69. The number of pyridine rings is 1. The number of aryl methyl sites for hydroxylation is 1. The summed E-state index contributed by atoms with van der Waals surface area (Å²) in [6.07, 6.45) is 3.13. The van der Waals surface area contributed by atoms with Gasteiger partial charge in [-0.1, -0.05) is 105 Å². The number of benzene rings is 4. The van der Waals surface area contributed by atoms with E-state index in [1.807, 2.05) is 127 Å². The monoisotopic (exact) mass is 717 g/mol. The highest BCUT2D eigenvalue weighted by Gasteiger charge is 2.30. The van der Waals surface area contributed by atoms with Crippen LogP contribution in [0, 0.1) is 6.92 Å². The normalized spacial score (nSPS) is 15.4. The number of para-hydroxylation sites is 1. The topological polar surface area (TPSA) is 108 Å². The maximum Gasteiger partial charge on any atom is 0.320 e. The van der Waals surface area contributed by atoms with Crippen LogP contribution in [0.5, 0.6) is 11.5 Å². The summed E-state index contributed by atoms with van der Waals surface area (Å²) in [5, 5.41) is 20.2. The Morgan fingerprint density at radius 2 is 1.57 bits per heavy atom. The number of carbonyl (C=O) groups is 1. The summed E-state index contributed by atoms with van der Waals surface area (Å²) in [6, 6.07) is 39.5. The molecule has 2 N–H and O–H groups in total. The van der Waals surface area contributed by atoms with E-state index in [0.29, 0.717) is 42.5 Å². The molecule has 10 nitrogen and oxygen atoms in total. The molecular weight excluding hydrogens is 675 g/mol. The van der Waals surface area contributed by atoms with Crippen molar-refractivity contribution in [3.63, 3.8) is 0 Å². The van der Waals surface area contributed by atoms with Gasteiger partial charge in [0.05, 0.1) is 29.2 Å². The highest BCUT2D eigenvalue weighted by Crippen LogP contribution is 2.39. The molecular formula is C44H43N7O3. The molecule has 2 atom stereocenters. The highest BCUT2D eigenvalue weighted by molar-refractivity contribution is 5.89. The number of aromatic nitrogens is 5. The molecule has 3 heterocycles. The van der Waals surface area contributed by atoms with Crippen molar-refractivity contribution >= 4 is 17.5 Å². The predicted molar refractivity (Wildman–Crippen MR) is 210 cm³/mol. The number of nitrogens with one attached hydrogen (secondary N) is 2. The second-order valence-electron chi connectivity index (χ2n) is 14.8. The van der Waals surface area contributed by atoms with Crippen LogP contribution in [0.1, 0.15) is 73.7 Å². The molecule has 0 aliphatic heterocycles. The van der Waals surface area contributed by atoms with E-state index in [1.54, 1.807) is 4.68 Å². The van der Waals surface area contributed by atoms with Crippen LogP contribution in [0.15, 0.2) is 128 Å². The predicted octanol–water partition coefficient (Wildman–Crippen LogP) is 9.54. The lowest BCUT2D eigenvalue weighted by Crippen LogP contribution is -2.36. The lowest BCUT2D eigenvalue weighted by molar-refractivity contribution is 0.171. The summed E-state index contributed by atoms with van der Waals surface area (Å²) in [6.45, 7) is 8.83. The Kier molecular flexibility index (Phi) is 9.33. The van der Waals surface area contributed by atoms with Crippen LogP contribution >= 0.6 is 0 Å². The fourth-order valence-corrected chi connectivity index (χ4v) is 6.85. The van der Waals surface area contributed by atoms with E-state index < -0.39 is 0 Å². The van der Waals surface area contributed by atoms with Gasteiger partial charge in [0.2, 0.25) is 0 Å². The van der Waals surface area contributed by atoms with Crippen LogP contribution in [-0.2, 0) is 12.0 Å². The van der Waals surface area contributed by atoms with Crippen molar-refractivity contribution in [2.45, 2.75) is 64.7 Å². The second kappa shape index (κ2) is 14.5. The summed E-state index contributed by atoms with van der Waals surface area (Å²) in [5.41, 5.74) is 7.42. The van der Waals surface area contributed by atoms with Gasteiger partial charge in [-0.2, -0.15) is 5.10 Å². The fourth-order valence-electron chi connectivity index (χ4n) is 6.85. The van der Waals surface area contributed by atoms with Crippen molar-refractivity contribution in [1.82, 2.24) is 29.7 Å². The van der Waals surface area contributed by atoms with Crippen LogP contribution in [0.2, 0.25) is 0 Å². The van der Waals surface area contributed by atoms with Crippen LogP contribution in [0.3, 0.4) is 0 Å². The number of ether oxygens (including phenoxy) is 2. The SMILES string of the molecule is Cc1ccc(-n2nc(C(C)(C)C)cc2NC(=O)N[C@@H]2CC[C@H](Oc3ccc4nnc(-c5ccccc5OCc5ccccc5)n4c3)c3ccccc32)cc1. The standard InChI is InChI=1S/C44H43N7O3/c1-29-18-20-31(21-19-29)51-41(26-39(49-51)44(2,3)4)46-43(52)45-36-23-24-38(34-15-9-8-14-33(34)36)54-32-22-25-40-47-48-42(50(40)27-32)35-16-10-11-17-37(35)53-28-30-12-6-5-7-13-30/h5-22,25-27,36,38H,23-24,28H2,1-4H3,(H2,45,46,52)/t36-,38+/m1/s1. The molecule has 1 aliphatic carbocycles. The molecule has 0 unspecified atom stereocenters. The third-order valence-electron chi connectivity index (χ3n) is 9.76. The van der Waals surface area contributed by atoms with E-state index in [9.17, 15) is 4.79 Å². The molecule has 3 aromatic heterocycles. The van der Waals surface area contributed by atoms with Crippen molar-refractivity contribution in [2.24, 2.45) is 0 Å². The quantitative estimate of drug-likeness (QED) is 0.154. The molecule has 272 valence electrons. The minimum atomic E-state index is -0.290. The molecule has 0 saturated heterocycles. The third-order valence-corrected chi connectivity index (χ3v) is 9.76. The minimum Gasteiger partial charge on any atom is -0.488 e. The third kappa shape index (κ3) is 7.28. The fraction of sp³-hybridized carbons (Fsp3) is 0.227. The molecule has 0 bridgehead atoms. The molecule has 8 rings (SSSR count). The van der Waals surface area contributed by atoms with E-state index in [-0.39, 0.29) is 23.6 Å². The first-order valence-corrected chi connectivity index (χ1v) is 18.3. The highest BCUT2D eigenvalue weighted by atomic mass is 16.5. The Morgan fingerprint density at radius 3 is 2.37 bits per heavy atom. The number of fused-ring (bicyclic) bond motifs is 2. The Labute approximate surface area is 314 Å². The smallest absolute Gasteiger partial charge is 0.320 e. The van der Waals surface area contributed by atoms with Gasteiger partial charge in [0.15, 0.2) is 11.5 Å². The minimum absolute atomic E-state index is 0.192. The molecule has 4 aromatic carbocycles. The number of anilines is 1. The van der Waals surface area contributed by atoms with Crippen molar-refractivity contribution in [2.75, 3.05) is 5.32 Å². The van der Waals surface area contributed by atoms with E-state index in [4.69, 9.17) is 14.6 Å². The van der Waals surface area contributed by atoms with Gasteiger partial charge in [-0.3, -0.25) is 9.72 Å². The molecule has 10 heteroatoms. The average molecular weight is 718 g/mol. The number of hydrogen-bond acceptors (Lipinski definition) is 6. The van der Waals surface area contributed by atoms with Crippen molar-refractivity contribution in [1.29, 1.82) is 0 Å². The van der Waals surface area contributed by atoms with E-state index in [2.05, 4.69) is 53.7 Å². The molecule has 0 saturated carbocycles. The van der Waals surface area contributed by atoms with Gasteiger partial charge in [-0.15, -0.1) is 10.2 Å². The molecule has 0 radical (unpaired) electrons. The first-order chi connectivity index (χ1) is 26.2. The lowest BCUT2D eigenvalue weighted by Gasteiger charge is -2.32. The zero-order valence-corrected chi connectivity index (χ0v) is 30.9. The summed E-state index contributed by atoms with van der Waals surface area (Å²) in [7, 11) is 0. The first-order valence-electron chi connectivity index (χ1n) is 18.3. The Hall–Kier alpha value is -6.42. The van der Waals surface area contributed by atoms with E-state index in [1.165, 1.54) is 0 Å². The van der Waals surface area contributed by atoms with Gasteiger partial charge in [0, 0.05) is 11.5 Å². The maximum atomic E-state index is 13.6. The number of rotatable bonds is 9. The van der Waals surface area contributed by atoms with Crippen molar-refractivity contribution in [3.05, 3.63) is 155 Å². The molecule has 7 aromatic rings. The van der Waals surface area contributed by atoms with Gasteiger partial charge < -0.3 is 14.8 Å². The summed E-state index contributed by atoms with van der Waals surface area (Å²) < 4.78 is 16.7. The van der Waals surface area contributed by atoms with E-state index in [0.717, 1.165) is 44.9 Å². The maximum absolute atomic E-state index is 13.6. The van der Waals surface area contributed by atoms with Gasteiger partial charge in [-0.05, 0) is 72.9 Å².